The lowest BCUT2D eigenvalue weighted by molar-refractivity contribution is 0.103. The SMILES string of the molecule is CCCOc1cncc(C(=O)c2cncnc2)c1. The van der Waals surface area contributed by atoms with E-state index >= 15 is 0 Å². The molecule has 0 amide bonds. The third kappa shape index (κ3) is 2.88. The van der Waals surface area contributed by atoms with E-state index in [1.54, 1.807) is 12.3 Å². The average Bonchev–Trinajstić information content (AvgIpc) is 2.45. The maximum absolute atomic E-state index is 12.1. The molecule has 2 aromatic heterocycles. The number of hydrogen-bond donors (Lipinski definition) is 0. The molecule has 0 aliphatic carbocycles. The molecule has 0 aliphatic rings. The van der Waals surface area contributed by atoms with Crippen LogP contribution in [0.15, 0.2) is 37.2 Å². The molecule has 0 bridgehead atoms. The summed E-state index contributed by atoms with van der Waals surface area (Å²) in [5.41, 5.74) is 0.908. The molecule has 0 fully saturated rings. The summed E-state index contributed by atoms with van der Waals surface area (Å²) in [5, 5.41) is 0. The number of aromatic nitrogens is 3. The molecule has 0 aromatic carbocycles. The summed E-state index contributed by atoms with van der Waals surface area (Å²) in [7, 11) is 0. The van der Waals surface area contributed by atoms with Crippen LogP contribution in [0.25, 0.3) is 0 Å². The summed E-state index contributed by atoms with van der Waals surface area (Å²) < 4.78 is 5.44. The van der Waals surface area contributed by atoms with Gasteiger partial charge in [0.05, 0.1) is 18.4 Å². The zero-order valence-corrected chi connectivity index (χ0v) is 10.0. The topological polar surface area (TPSA) is 65.0 Å². The summed E-state index contributed by atoms with van der Waals surface area (Å²) in [6, 6.07) is 1.68. The normalized spacial score (nSPS) is 10.1. The Kier molecular flexibility index (Phi) is 3.96. The van der Waals surface area contributed by atoms with Gasteiger partial charge in [0, 0.05) is 24.2 Å². The van der Waals surface area contributed by atoms with E-state index in [4.69, 9.17) is 4.74 Å². The van der Waals surface area contributed by atoms with Crippen LogP contribution in [0.2, 0.25) is 0 Å². The van der Waals surface area contributed by atoms with E-state index in [0.717, 1.165) is 6.42 Å². The van der Waals surface area contributed by atoms with Gasteiger partial charge in [-0.3, -0.25) is 9.78 Å². The van der Waals surface area contributed by atoms with Gasteiger partial charge in [0.1, 0.15) is 12.1 Å². The molecule has 2 rings (SSSR count). The second kappa shape index (κ2) is 5.86. The smallest absolute Gasteiger partial charge is 0.197 e. The van der Waals surface area contributed by atoms with E-state index < -0.39 is 0 Å². The fourth-order valence-corrected chi connectivity index (χ4v) is 1.42. The number of hydrogen-bond acceptors (Lipinski definition) is 5. The van der Waals surface area contributed by atoms with Crippen molar-refractivity contribution in [1.29, 1.82) is 0 Å². The number of ether oxygens (including phenoxy) is 1. The predicted octanol–water partition coefficient (Wildman–Crippen LogP) is 1.89. The van der Waals surface area contributed by atoms with E-state index in [1.165, 1.54) is 24.9 Å². The fraction of sp³-hybridized carbons (Fsp3) is 0.231. The van der Waals surface area contributed by atoms with Crippen molar-refractivity contribution in [2.75, 3.05) is 6.61 Å². The predicted molar refractivity (Wildman–Crippen MR) is 65.5 cm³/mol. The van der Waals surface area contributed by atoms with Crippen molar-refractivity contribution in [2.24, 2.45) is 0 Å². The third-order valence-corrected chi connectivity index (χ3v) is 2.27. The zero-order chi connectivity index (χ0) is 12.8. The van der Waals surface area contributed by atoms with Crippen LogP contribution in [0.3, 0.4) is 0 Å². The van der Waals surface area contributed by atoms with Gasteiger partial charge in [-0.1, -0.05) is 6.92 Å². The van der Waals surface area contributed by atoms with Gasteiger partial charge in [-0.25, -0.2) is 9.97 Å². The summed E-state index contributed by atoms with van der Waals surface area (Å²) in [6.45, 7) is 2.62. The third-order valence-electron chi connectivity index (χ3n) is 2.27. The van der Waals surface area contributed by atoms with Crippen molar-refractivity contribution in [3.05, 3.63) is 48.3 Å². The molecular weight excluding hydrogens is 230 g/mol. The fourth-order valence-electron chi connectivity index (χ4n) is 1.42. The first-order chi connectivity index (χ1) is 8.81. The van der Waals surface area contributed by atoms with Gasteiger partial charge in [-0.2, -0.15) is 0 Å². The Morgan fingerprint density at radius 3 is 2.56 bits per heavy atom. The Hall–Kier alpha value is -2.30. The van der Waals surface area contributed by atoms with Gasteiger partial charge in [-0.15, -0.1) is 0 Å². The van der Waals surface area contributed by atoms with Crippen molar-refractivity contribution in [2.45, 2.75) is 13.3 Å². The molecule has 0 N–H and O–H groups in total. The highest BCUT2D eigenvalue weighted by Crippen LogP contribution is 2.14. The summed E-state index contributed by atoms with van der Waals surface area (Å²) in [4.78, 5) is 23.7. The number of pyridine rings is 1. The Bertz CT molecular complexity index is 529. The lowest BCUT2D eigenvalue weighted by atomic mass is 10.1. The minimum absolute atomic E-state index is 0.162. The molecule has 0 spiro atoms. The summed E-state index contributed by atoms with van der Waals surface area (Å²) in [5.74, 6) is 0.435. The minimum atomic E-state index is -0.162. The quantitative estimate of drug-likeness (QED) is 0.750. The molecule has 0 saturated carbocycles. The van der Waals surface area contributed by atoms with Crippen LogP contribution in [0, 0.1) is 0 Å². The molecule has 92 valence electrons. The Labute approximate surface area is 105 Å². The highest BCUT2D eigenvalue weighted by molar-refractivity contribution is 6.08. The lowest BCUT2D eigenvalue weighted by Gasteiger charge is -2.05. The molecule has 5 nitrogen and oxygen atoms in total. The summed E-state index contributed by atoms with van der Waals surface area (Å²) >= 11 is 0. The first-order valence-corrected chi connectivity index (χ1v) is 5.69. The van der Waals surface area contributed by atoms with Crippen molar-refractivity contribution >= 4 is 5.78 Å². The average molecular weight is 243 g/mol. The highest BCUT2D eigenvalue weighted by atomic mass is 16.5. The van der Waals surface area contributed by atoms with Gasteiger partial charge in [0.25, 0.3) is 0 Å². The molecule has 0 radical (unpaired) electrons. The largest absolute Gasteiger partial charge is 0.492 e. The molecule has 0 unspecified atom stereocenters. The highest BCUT2D eigenvalue weighted by Gasteiger charge is 2.10. The second-order valence-electron chi connectivity index (χ2n) is 3.71. The van der Waals surface area contributed by atoms with Crippen LogP contribution in [0.5, 0.6) is 5.75 Å². The molecule has 0 saturated heterocycles. The molecule has 18 heavy (non-hydrogen) atoms. The van der Waals surface area contributed by atoms with Gasteiger partial charge < -0.3 is 4.74 Å². The Balaban J connectivity index is 2.20. The number of nitrogens with zero attached hydrogens (tertiary/aromatic N) is 3. The molecule has 0 aliphatic heterocycles. The number of carbonyl (C=O) groups excluding carboxylic acids is 1. The molecule has 2 aromatic rings. The molecule has 2 heterocycles. The Morgan fingerprint density at radius 2 is 1.83 bits per heavy atom. The maximum atomic E-state index is 12.1. The Morgan fingerprint density at radius 1 is 1.11 bits per heavy atom. The lowest BCUT2D eigenvalue weighted by Crippen LogP contribution is -2.04. The van der Waals surface area contributed by atoms with Crippen molar-refractivity contribution < 1.29 is 9.53 Å². The van der Waals surface area contributed by atoms with Crippen molar-refractivity contribution in [3.8, 4) is 5.75 Å². The standard InChI is InChI=1S/C13H13N3O2/c1-2-3-18-12-4-10(5-14-8-12)13(17)11-6-15-9-16-7-11/h4-9H,2-3H2,1H3. The van der Waals surface area contributed by atoms with E-state index in [9.17, 15) is 4.79 Å². The molecule has 0 atom stereocenters. The van der Waals surface area contributed by atoms with Crippen LogP contribution in [-0.4, -0.2) is 27.3 Å². The van der Waals surface area contributed by atoms with Crippen LogP contribution >= 0.6 is 0 Å². The van der Waals surface area contributed by atoms with Crippen molar-refractivity contribution in [3.63, 3.8) is 0 Å². The van der Waals surface area contributed by atoms with E-state index in [1.807, 2.05) is 6.92 Å². The first-order valence-electron chi connectivity index (χ1n) is 5.69. The molecule has 5 heteroatoms. The number of carbonyl (C=O) groups is 1. The van der Waals surface area contributed by atoms with E-state index in [2.05, 4.69) is 15.0 Å². The van der Waals surface area contributed by atoms with E-state index in [0.29, 0.717) is 23.5 Å². The van der Waals surface area contributed by atoms with Crippen LogP contribution < -0.4 is 4.74 Å². The van der Waals surface area contributed by atoms with Gasteiger partial charge >= 0.3 is 0 Å². The maximum Gasteiger partial charge on any atom is 0.197 e. The zero-order valence-electron chi connectivity index (χ0n) is 10.0. The van der Waals surface area contributed by atoms with Crippen LogP contribution in [0.4, 0.5) is 0 Å². The monoisotopic (exact) mass is 243 g/mol. The van der Waals surface area contributed by atoms with Crippen LogP contribution in [-0.2, 0) is 0 Å². The van der Waals surface area contributed by atoms with Crippen LogP contribution in [0.1, 0.15) is 29.3 Å². The van der Waals surface area contributed by atoms with Gasteiger partial charge in [0.2, 0.25) is 0 Å². The minimum Gasteiger partial charge on any atom is -0.492 e. The van der Waals surface area contributed by atoms with E-state index in [-0.39, 0.29) is 5.78 Å². The first kappa shape index (κ1) is 12.2. The van der Waals surface area contributed by atoms with Gasteiger partial charge in [0.15, 0.2) is 5.78 Å². The van der Waals surface area contributed by atoms with Crippen molar-refractivity contribution in [1.82, 2.24) is 15.0 Å². The summed E-state index contributed by atoms with van der Waals surface area (Å²) in [6.07, 6.45) is 8.35. The number of ketones is 1. The number of rotatable bonds is 5. The molecular formula is C13H13N3O2. The van der Waals surface area contributed by atoms with Gasteiger partial charge in [-0.05, 0) is 12.5 Å². The second-order valence-corrected chi connectivity index (χ2v) is 3.71.